The van der Waals surface area contributed by atoms with Crippen molar-refractivity contribution in [2.24, 2.45) is 5.92 Å². The van der Waals surface area contributed by atoms with E-state index in [0.717, 1.165) is 6.54 Å². The molecular weight excluding hydrogens is 184 g/mol. The van der Waals surface area contributed by atoms with Crippen molar-refractivity contribution in [3.05, 3.63) is 17.7 Å². The lowest BCUT2D eigenvalue weighted by atomic mass is 10.0. The van der Waals surface area contributed by atoms with Gasteiger partial charge in [-0.1, -0.05) is 6.92 Å². The first kappa shape index (κ1) is 9.17. The van der Waals surface area contributed by atoms with Gasteiger partial charge in [0, 0.05) is 6.54 Å². The van der Waals surface area contributed by atoms with Crippen molar-refractivity contribution in [1.29, 1.82) is 0 Å². The maximum atomic E-state index is 10.6. The molecule has 1 aromatic heterocycles. The Hall–Kier alpha value is -1.40. The van der Waals surface area contributed by atoms with Crippen LogP contribution in [0.15, 0.2) is 6.20 Å². The fourth-order valence-electron chi connectivity index (χ4n) is 1.53. The number of imidazole rings is 1. The smallest absolute Gasteiger partial charge is 0.353 e. The average molecular weight is 196 g/mol. The van der Waals surface area contributed by atoms with Crippen molar-refractivity contribution in [2.75, 3.05) is 6.54 Å². The summed E-state index contributed by atoms with van der Waals surface area (Å²) in [5.41, 5.74) is 6.17. The van der Waals surface area contributed by atoms with Crippen LogP contribution in [0.2, 0.25) is 0 Å². The molecule has 4 N–H and O–H groups in total. The fourth-order valence-corrected chi connectivity index (χ4v) is 1.53. The Kier molecular flexibility index (Phi) is 2.22. The molecule has 0 aliphatic carbocycles. The molecule has 1 saturated heterocycles. The quantitative estimate of drug-likeness (QED) is 0.530. The van der Waals surface area contributed by atoms with Crippen molar-refractivity contribution < 1.29 is 9.90 Å². The Balaban J connectivity index is 2.20. The first-order chi connectivity index (χ1) is 6.68. The fraction of sp³-hybridized carbons (Fsp3) is 0.500. The zero-order valence-corrected chi connectivity index (χ0v) is 7.74. The van der Waals surface area contributed by atoms with E-state index in [1.54, 1.807) is 0 Å². The summed E-state index contributed by atoms with van der Waals surface area (Å²) in [4.78, 5) is 17.4. The van der Waals surface area contributed by atoms with E-state index < -0.39 is 5.97 Å². The second kappa shape index (κ2) is 3.39. The van der Waals surface area contributed by atoms with Crippen LogP contribution in [-0.2, 0) is 0 Å². The van der Waals surface area contributed by atoms with Gasteiger partial charge in [-0.2, -0.15) is 0 Å². The Morgan fingerprint density at radius 3 is 3.00 bits per heavy atom. The molecule has 0 spiro atoms. The molecule has 0 amide bonds. The van der Waals surface area contributed by atoms with E-state index in [9.17, 15) is 4.79 Å². The number of carboxylic acid groups (broad SMARTS) is 1. The van der Waals surface area contributed by atoms with Gasteiger partial charge < -0.3 is 10.1 Å². The molecule has 1 fully saturated rings. The Morgan fingerprint density at radius 1 is 1.71 bits per heavy atom. The van der Waals surface area contributed by atoms with Gasteiger partial charge in [-0.05, 0) is 5.92 Å². The topological polar surface area (TPSA) is 90.0 Å². The van der Waals surface area contributed by atoms with Crippen LogP contribution < -0.4 is 10.9 Å². The maximum Gasteiger partial charge on any atom is 0.353 e. The lowest BCUT2D eigenvalue weighted by Crippen LogP contribution is -2.25. The largest absolute Gasteiger partial charge is 0.477 e. The van der Waals surface area contributed by atoms with Gasteiger partial charge in [-0.25, -0.2) is 15.2 Å². The SMILES string of the molecule is CC1CNNC1c1ncc(C(=O)O)[nH]1. The van der Waals surface area contributed by atoms with Crippen LogP contribution in [0, 0.1) is 5.92 Å². The Bertz CT molecular complexity index is 349. The summed E-state index contributed by atoms with van der Waals surface area (Å²) >= 11 is 0. The van der Waals surface area contributed by atoms with E-state index in [1.165, 1.54) is 6.20 Å². The lowest BCUT2D eigenvalue weighted by Gasteiger charge is -2.10. The molecule has 1 aliphatic rings. The predicted molar refractivity (Wildman–Crippen MR) is 48.6 cm³/mol. The normalized spacial score (nSPS) is 26.6. The summed E-state index contributed by atoms with van der Waals surface area (Å²) < 4.78 is 0. The van der Waals surface area contributed by atoms with Crippen LogP contribution in [0.25, 0.3) is 0 Å². The van der Waals surface area contributed by atoms with Gasteiger partial charge in [-0.15, -0.1) is 0 Å². The molecule has 2 heterocycles. The molecule has 2 rings (SSSR count). The number of rotatable bonds is 2. The molecule has 0 aromatic carbocycles. The summed E-state index contributed by atoms with van der Waals surface area (Å²) in [7, 11) is 0. The summed E-state index contributed by atoms with van der Waals surface area (Å²) in [5.74, 6) is 0.0741. The van der Waals surface area contributed by atoms with Gasteiger partial charge >= 0.3 is 5.97 Å². The van der Waals surface area contributed by atoms with Crippen LogP contribution in [0.5, 0.6) is 0 Å². The number of aromatic carboxylic acids is 1. The second-order valence-electron chi connectivity index (χ2n) is 3.47. The maximum absolute atomic E-state index is 10.6. The van der Waals surface area contributed by atoms with Crippen molar-refractivity contribution >= 4 is 5.97 Å². The molecule has 0 bridgehead atoms. The van der Waals surface area contributed by atoms with E-state index in [2.05, 4.69) is 27.7 Å². The van der Waals surface area contributed by atoms with Crippen molar-refractivity contribution in [3.8, 4) is 0 Å². The number of hydrogen-bond donors (Lipinski definition) is 4. The van der Waals surface area contributed by atoms with E-state index >= 15 is 0 Å². The molecule has 0 saturated carbocycles. The van der Waals surface area contributed by atoms with Crippen molar-refractivity contribution in [1.82, 2.24) is 20.8 Å². The molecular formula is C8H12N4O2. The monoisotopic (exact) mass is 196 g/mol. The third-order valence-corrected chi connectivity index (χ3v) is 2.37. The molecule has 14 heavy (non-hydrogen) atoms. The zero-order chi connectivity index (χ0) is 10.1. The Labute approximate surface area is 80.7 Å². The zero-order valence-electron chi connectivity index (χ0n) is 7.74. The molecule has 6 nitrogen and oxygen atoms in total. The summed E-state index contributed by atoms with van der Waals surface area (Å²) in [6, 6.07) is 0.0584. The molecule has 2 unspecified atom stereocenters. The molecule has 1 aliphatic heterocycles. The van der Waals surface area contributed by atoms with Crippen LogP contribution in [0.4, 0.5) is 0 Å². The van der Waals surface area contributed by atoms with E-state index in [0.29, 0.717) is 11.7 Å². The number of carbonyl (C=O) groups is 1. The first-order valence-electron chi connectivity index (χ1n) is 4.45. The third-order valence-electron chi connectivity index (χ3n) is 2.37. The highest BCUT2D eigenvalue weighted by molar-refractivity contribution is 5.85. The minimum Gasteiger partial charge on any atom is -0.477 e. The van der Waals surface area contributed by atoms with Gasteiger partial charge in [0.1, 0.15) is 11.5 Å². The number of aromatic amines is 1. The van der Waals surface area contributed by atoms with Crippen LogP contribution in [0.1, 0.15) is 29.3 Å². The number of H-pyrrole nitrogens is 1. The average Bonchev–Trinajstić information content (AvgIpc) is 2.71. The molecule has 76 valence electrons. The van der Waals surface area contributed by atoms with Crippen molar-refractivity contribution in [3.63, 3.8) is 0 Å². The Morgan fingerprint density at radius 2 is 2.50 bits per heavy atom. The van der Waals surface area contributed by atoms with E-state index in [1.807, 2.05) is 0 Å². The van der Waals surface area contributed by atoms with Gasteiger partial charge in [0.25, 0.3) is 0 Å². The lowest BCUT2D eigenvalue weighted by molar-refractivity contribution is 0.0691. The van der Waals surface area contributed by atoms with E-state index in [4.69, 9.17) is 5.11 Å². The minimum absolute atomic E-state index is 0.0584. The van der Waals surface area contributed by atoms with Crippen molar-refractivity contribution in [2.45, 2.75) is 13.0 Å². The minimum atomic E-state index is -0.984. The number of nitrogens with one attached hydrogen (secondary N) is 3. The first-order valence-corrected chi connectivity index (χ1v) is 4.45. The number of carboxylic acids is 1. The van der Waals surface area contributed by atoms with Crippen LogP contribution >= 0.6 is 0 Å². The predicted octanol–water partition coefficient (Wildman–Crippen LogP) is -0.107. The van der Waals surface area contributed by atoms with Crippen LogP contribution in [0.3, 0.4) is 0 Å². The van der Waals surface area contributed by atoms with Crippen LogP contribution in [-0.4, -0.2) is 27.6 Å². The number of aromatic nitrogens is 2. The van der Waals surface area contributed by atoms with Gasteiger partial charge in [0.15, 0.2) is 0 Å². The highest BCUT2D eigenvalue weighted by atomic mass is 16.4. The number of hydrazine groups is 1. The second-order valence-corrected chi connectivity index (χ2v) is 3.47. The molecule has 6 heteroatoms. The molecule has 2 atom stereocenters. The highest BCUT2D eigenvalue weighted by Gasteiger charge is 2.27. The number of hydrogen-bond acceptors (Lipinski definition) is 4. The molecule has 0 radical (unpaired) electrons. The summed E-state index contributed by atoms with van der Waals surface area (Å²) in [6.07, 6.45) is 1.34. The number of nitrogens with zero attached hydrogens (tertiary/aromatic N) is 1. The van der Waals surface area contributed by atoms with Gasteiger partial charge in [0.05, 0.1) is 12.2 Å². The van der Waals surface area contributed by atoms with Gasteiger partial charge in [0.2, 0.25) is 0 Å². The van der Waals surface area contributed by atoms with E-state index in [-0.39, 0.29) is 11.7 Å². The van der Waals surface area contributed by atoms with Gasteiger partial charge in [-0.3, -0.25) is 5.43 Å². The summed E-state index contributed by atoms with van der Waals surface area (Å²) in [6.45, 7) is 2.92. The summed E-state index contributed by atoms with van der Waals surface area (Å²) in [5, 5.41) is 8.70. The third kappa shape index (κ3) is 1.49. The molecule has 1 aromatic rings. The standard InChI is InChI=1S/C8H12N4O2/c1-4-2-10-12-6(4)7-9-3-5(11-7)8(13)14/h3-4,6,10,12H,2H2,1H3,(H,9,11)(H,13,14). The highest BCUT2D eigenvalue weighted by Crippen LogP contribution is 2.21.